The molecule has 0 bridgehead atoms. The lowest BCUT2D eigenvalue weighted by molar-refractivity contribution is -0.120. The van der Waals surface area contributed by atoms with Gasteiger partial charge in [-0.1, -0.05) is 37.3 Å². The number of nitrogens with zero attached hydrogens (tertiary/aromatic N) is 3. The van der Waals surface area contributed by atoms with E-state index in [9.17, 15) is 9.59 Å². The van der Waals surface area contributed by atoms with Crippen molar-refractivity contribution >= 4 is 29.0 Å². The van der Waals surface area contributed by atoms with Crippen LogP contribution in [0.25, 0.3) is 0 Å². The second kappa shape index (κ2) is 9.31. The van der Waals surface area contributed by atoms with Gasteiger partial charge in [-0.15, -0.1) is 0 Å². The third kappa shape index (κ3) is 5.11. The molecule has 2 amide bonds. The van der Waals surface area contributed by atoms with Crippen molar-refractivity contribution in [3.05, 3.63) is 60.2 Å². The normalized spacial score (nSPS) is 21.9. The maximum absolute atomic E-state index is 12.8. The predicted molar refractivity (Wildman–Crippen MR) is 123 cm³/mol. The number of hydrazine groups is 1. The Labute approximate surface area is 183 Å². The maximum atomic E-state index is 12.8. The van der Waals surface area contributed by atoms with Crippen molar-refractivity contribution in [2.45, 2.75) is 39.3 Å². The van der Waals surface area contributed by atoms with Gasteiger partial charge in [0.25, 0.3) is 11.8 Å². The van der Waals surface area contributed by atoms with Gasteiger partial charge in [0.1, 0.15) is 6.04 Å². The van der Waals surface area contributed by atoms with E-state index < -0.39 is 6.04 Å². The summed E-state index contributed by atoms with van der Waals surface area (Å²) < 4.78 is 0. The van der Waals surface area contributed by atoms with Crippen LogP contribution in [0.2, 0.25) is 0 Å². The summed E-state index contributed by atoms with van der Waals surface area (Å²) in [6.07, 6.45) is 2.57. The molecule has 2 aromatic rings. The number of hydrogen-bond donors (Lipinski definition) is 2. The van der Waals surface area contributed by atoms with Gasteiger partial charge in [0.2, 0.25) is 5.84 Å². The third-order valence-electron chi connectivity index (χ3n) is 5.71. The van der Waals surface area contributed by atoms with Gasteiger partial charge in [0, 0.05) is 18.8 Å². The Bertz CT molecular complexity index is 958. The van der Waals surface area contributed by atoms with E-state index in [2.05, 4.69) is 27.6 Å². The van der Waals surface area contributed by atoms with Crippen molar-refractivity contribution in [1.82, 2.24) is 10.3 Å². The highest BCUT2D eigenvalue weighted by molar-refractivity contribution is 6.43. The fourth-order valence-electron chi connectivity index (χ4n) is 4.08. The van der Waals surface area contributed by atoms with E-state index in [0.29, 0.717) is 11.4 Å². The number of aliphatic imine (C=N–C) groups is 1. The number of likely N-dealkylation sites (tertiary alicyclic amines) is 1. The third-order valence-corrected chi connectivity index (χ3v) is 5.71. The van der Waals surface area contributed by atoms with Crippen molar-refractivity contribution in [2.75, 3.05) is 23.4 Å². The van der Waals surface area contributed by atoms with Crippen LogP contribution in [0.3, 0.4) is 0 Å². The fourth-order valence-corrected chi connectivity index (χ4v) is 4.08. The van der Waals surface area contributed by atoms with Crippen LogP contribution in [0.1, 0.15) is 32.3 Å². The average molecular weight is 420 g/mol. The van der Waals surface area contributed by atoms with E-state index in [0.717, 1.165) is 25.6 Å². The van der Waals surface area contributed by atoms with Gasteiger partial charge in [0.05, 0.1) is 5.69 Å². The zero-order valence-corrected chi connectivity index (χ0v) is 18.0. The van der Waals surface area contributed by atoms with Crippen LogP contribution < -0.4 is 15.8 Å². The van der Waals surface area contributed by atoms with Crippen LogP contribution in [-0.4, -0.2) is 41.7 Å². The molecule has 0 radical (unpaired) electrons. The fraction of sp³-hybridized carbons (Fsp3) is 0.375. The van der Waals surface area contributed by atoms with Gasteiger partial charge < -0.3 is 5.32 Å². The molecule has 7 heteroatoms. The molecular weight excluding hydrogens is 390 g/mol. The molecule has 0 spiro atoms. The van der Waals surface area contributed by atoms with Gasteiger partial charge in [-0.2, -0.15) is 0 Å². The summed E-state index contributed by atoms with van der Waals surface area (Å²) in [5.74, 6) is 0.278. The lowest BCUT2D eigenvalue weighted by Gasteiger charge is -2.31. The topological polar surface area (TPSA) is 77.0 Å². The quantitative estimate of drug-likeness (QED) is 0.780. The number of piperidine rings is 1. The number of hydrogen-bond acceptors (Lipinski definition) is 5. The van der Waals surface area contributed by atoms with Gasteiger partial charge in [-0.05, 0) is 62.1 Å². The van der Waals surface area contributed by atoms with Crippen LogP contribution in [0, 0.1) is 5.92 Å². The minimum Gasteiger partial charge on any atom is -0.319 e. The Kier molecular flexibility index (Phi) is 6.32. The Morgan fingerprint density at radius 3 is 2.58 bits per heavy atom. The molecule has 0 aromatic heterocycles. The lowest BCUT2D eigenvalue weighted by Crippen LogP contribution is -2.57. The molecule has 2 heterocycles. The average Bonchev–Trinajstić information content (AvgIpc) is 2.77. The number of amides is 2. The summed E-state index contributed by atoms with van der Waals surface area (Å²) in [7, 11) is 0. The minimum absolute atomic E-state index is 0.113. The van der Waals surface area contributed by atoms with Crippen molar-refractivity contribution in [3.8, 4) is 0 Å². The highest BCUT2D eigenvalue weighted by Crippen LogP contribution is 2.19. The first kappa shape index (κ1) is 21.1. The van der Waals surface area contributed by atoms with Gasteiger partial charge in [-0.25, -0.2) is 10.0 Å². The molecule has 2 aliphatic rings. The first-order valence-corrected chi connectivity index (χ1v) is 10.9. The number of carbonyl (C=O) groups excluding carboxylic acids is 2. The summed E-state index contributed by atoms with van der Waals surface area (Å²) in [5, 5.41) is 4.24. The van der Waals surface area contributed by atoms with E-state index in [1.807, 2.05) is 42.5 Å². The Morgan fingerprint density at radius 2 is 1.87 bits per heavy atom. The van der Waals surface area contributed by atoms with Crippen molar-refractivity contribution in [1.29, 1.82) is 0 Å². The highest BCUT2D eigenvalue weighted by atomic mass is 16.2. The van der Waals surface area contributed by atoms with E-state index in [1.54, 1.807) is 19.1 Å². The van der Waals surface area contributed by atoms with E-state index in [-0.39, 0.29) is 17.6 Å². The maximum Gasteiger partial charge on any atom is 0.292 e. The molecule has 1 saturated heterocycles. The molecule has 7 nitrogen and oxygen atoms in total. The monoisotopic (exact) mass is 419 g/mol. The van der Waals surface area contributed by atoms with E-state index >= 15 is 0 Å². The van der Waals surface area contributed by atoms with Gasteiger partial charge in [0.15, 0.2) is 0 Å². The van der Waals surface area contributed by atoms with Crippen LogP contribution in [-0.2, 0) is 16.1 Å². The smallest absolute Gasteiger partial charge is 0.292 e. The molecule has 2 aliphatic heterocycles. The number of anilines is 2. The molecule has 2 unspecified atom stereocenters. The van der Waals surface area contributed by atoms with Gasteiger partial charge >= 0.3 is 0 Å². The second-order valence-corrected chi connectivity index (χ2v) is 8.41. The molecule has 2 N–H and O–H groups in total. The summed E-state index contributed by atoms with van der Waals surface area (Å²) in [5.41, 5.74) is 5.44. The lowest BCUT2D eigenvalue weighted by atomic mass is 10.00. The second-order valence-electron chi connectivity index (χ2n) is 8.41. The summed E-state index contributed by atoms with van der Waals surface area (Å²) in [4.78, 5) is 32.0. The standard InChI is InChI=1S/C24H29N5O2/c1-17-7-6-14-28(15-17)16-19-10-12-20(13-11-19)26-23(30)22-25-18(2)24(31)29(27-22)21-8-4-3-5-9-21/h3-5,8-13,17-18H,6-7,14-16H2,1-2H3,(H,25,27)(H,26,30). The Morgan fingerprint density at radius 1 is 1.13 bits per heavy atom. The van der Waals surface area contributed by atoms with E-state index in [4.69, 9.17) is 0 Å². The number of carbonyl (C=O) groups is 2. The molecule has 2 aromatic carbocycles. The zero-order chi connectivity index (χ0) is 21.8. The molecule has 2 atom stereocenters. The molecule has 1 fully saturated rings. The summed E-state index contributed by atoms with van der Waals surface area (Å²) in [6, 6.07) is 16.4. The molecule has 0 saturated carbocycles. The first-order valence-electron chi connectivity index (χ1n) is 10.9. The largest absolute Gasteiger partial charge is 0.319 e. The summed E-state index contributed by atoms with van der Waals surface area (Å²) >= 11 is 0. The number of nitrogens with one attached hydrogen (secondary N) is 2. The first-order chi connectivity index (χ1) is 15.0. The van der Waals surface area contributed by atoms with Crippen LogP contribution in [0.4, 0.5) is 11.4 Å². The van der Waals surface area contributed by atoms with Crippen LogP contribution in [0.15, 0.2) is 59.6 Å². The Balaban J connectivity index is 1.39. The molecular formula is C24H29N5O2. The van der Waals surface area contributed by atoms with Crippen LogP contribution in [0.5, 0.6) is 0 Å². The van der Waals surface area contributed by atoms with Gasteiger partial charge in [-0.3, -0.25) is 19.9 Å². The van der Waals surface area contributed by atoms with E-state index in [1.165, 1.54) is 23.4 Å². The number of para-hydroxylation sites is 1. The number of amidine groups is 1. The van der Waals surface area contributed by atoms with Crippen molar-refractivity contribution < 1.29 is 9.59 Å². The molecule has 0 aliphatic carbocycles. The predicted octanol–water partition coefficient (Wildman–Crippen LogP) is 3.20. The number of rotatable bonds is 5. The van der Waals surface area contributed by atoms with Crippen molar-refractivity contribution in [2.24, 2.45) is 10.9 Å². The van der Waals surface area contributed by atoms with Crippen LogP contribution >= 0.6 is 0 Å². The Hall–Kier alpha value is -3.19. The zero-order valence-electron chi connectivity index (χ0n) is 18.0. The molecule has 4 rings (SSSR count). The molecule has 162 valence electrons. The van der Waals surface area contributed by atoms with Crippen molar-refractivity contribution in [3.63, 3.8) is 0 Å². The SMILES string of the molecule is CC1CCCN(Cc2ccc(NC(=O)C3=NC(C)C(=O)N(c4ccccc4)N3)cc2)C1. The number of benzene rings is 2. The minimum atomic E-state index is -0.642. The molecule has 31 heavy (non-hydrogen) atoms. The summed E-state index contributed by atoms with van der Waals surface area (Å²) in [6.45, 7) is 7.20. The highest BCUT2D eigenvalue weighted by Gasteiger charge is 2.30.